The van der Waals surface area contributed by atoms with Gasteiger partial charge in [-0.25, -0.2) is 5.43 Å². The number of piperidine rings is 1. The summed E-state index contributed by atoms with van der Waals surface area (Å²) in [6, 6.07) is 6.71. The normalized spacial score (nSPS) is 15.4. The molecule has 1 fully saturated rings. The topological polar surface area (TPSA) is 73.8 Å². The van der Waals surface area contributed by atoms with Gasteiger partial charge >= 0.3 is 11.8 Å². The van der Waals surface area contributed by atoms with Gasteiger partial charge in [0, 0.05) is 31.6 Å². The van der Waals surface area contributed by atoms with E-state index in [1.54, 1.807) is 24.3 Å². The molecule has 1 saturated heterocycles. The largest absolute Gasteiger partial charge is 0.329 e. The van der Waals surface area contributed by atoms with E-state index in [1.807, 2.05) is 7.05 Å². The van der Waals surface area contributed by atoms with Gasteiger partial charge in [-0.3, -0.25) is 9.59 Å². The van der Waals surface area contributed by atoms with Gasteiger partial charge in [0.05, 0.1) is 10.7 Å². The minimum absolute atomic E-state index is 0.375. The quantitative estimate of drug-likeness (QED) is 0.642. The van der Waals surface area contributed by atoms with Crippen LogP contribution in [0.3, 0.4) is 0 Å². The average molecular weight is 309 g/mol. The van der Waals surface area contributed by atoms with Crippen molar-refractivity contribution in [1.29, 1.82) is 0 Å². The molecular formula is C14H17ClN4O2. The SMILES string of the molecule is CN1CCC(=NNC(=O)C(=O)Nc2ccccc2Cl)CC1. The van der Waals surface area contributed by atoms with Crippen LogP contribution in [-0.2, 0) is 9.59 Å². The summed E-state index contributed by atoms with van der Waals surface area (Å²) in [4.78, 5) is 25.6. The summed E-state index contributed by atoms with van der Waals surface area (Å²) in [5.74, 6) is -1.60. The van der Waals surface area contributed by atoms with E-state index in [9.17, 15) is 9.59 Å². The predicted molar refractivity (Wildman–Crippen MR) is 82.4 cm³/mol. The lowest BCUT2D eigenvalue weighted by Crippen LogP contribution is -2.35. The van der Waals surface area contributed by atoms with E-state index in [0.29, 0.717) is 10.7 Å². The van der Waals surface area contributed by atoms with E-state index >= 15 is 0 Å². The summed E-state index contributed by atoms with van der Waals surface area (Å²) in [5.41, 5.74) is 3.57. The molecule has 0 unspecified atom stereocenters. The van der Waals surface area contributed by atoms with E-state index in [-0.39, 0.29) is 0 Å². The first-order valence-electron chi connectivity index (χ1n) is 6.66. The van der Waals surface area contributed by atoms with E-state index in [0.717, 1.165) is 31.6 Å². The number of likely N-dealkylation sites (tertiary alicyclic amines) is 1. The number of rotatable bonds is 2. The molecule has 1 aliphatic rings. The Kier molecular flexibility index (Phi) is 5.30. The zero-order valence-corrected chi connectivity index (χ0v) is 12.5. The van der Waals surface area contributed by atoms with Gasteiger partial charge in [0.25, 0.3) is 0 Å². The second-order valence-corrected chi connectivity index (χ2v) is 5.26. The number of hydrogen-bond acceptors (Lipinski definition) is 4. The van der Waals surface area contributed by atoms with Crippen LogP contribution in [0.25, 0.3) is 0 Å². The van der Waals surface area contributed by atoms with Crippen LogP contribution in [0.1, 0.15) is 12.8 Å². The number of benzene rings is 1. The number of para-hydroxylation sites is 1. The molecule has 1 heterocycles. The number of hydrogen-bond donors (Lipinski definition) is 2. The highest BCUT2D eigenvalue weighted by molar-refractivity contribution is 6.41. The third-order valence-corrected chi connectivity index (χ3v) is 3.54. The molecule has 0 aliphatic carbocycles. The summed E-state index contributed by atoms with van der Waals surface area (Å²) in [5, 5.41) is 6.82. The number of carbonyl (C=O) groups is 2. The van der Waals surface area contributed by atoms with Crippen molar-refractivity contribution in [2.24, 2.45) is 5.10 Å². The van der Waals surface area contributed by atoms with E-state index in [4.69, 9.17) is 11.6 Å². The van der Waals surface area contributed by atoms with Crippen LogP contribution in [0.15, 0.2) is 29.4 Å². The van der Waals surface area contributed by atoms with E-state index < -0.39 is 11.8 Å². The molecule has 21 heavy (non-hydrogen) atoms. The van der Waals surface area contributed by atoms with Crippen molar-refractivity contribution in [2.45, 2.75) is 12.8 Å². The van der Waals surface area contributed by atoms with Gasteiger partial charge in [-0.05, 0) is 19.2 Å². The third-order valence-electron chi connectivity index (χ3n) is 3.21. The van der Waals surface area contributed by atoms with Crippen molar-refractivity contribution in [3.05, 3.63) is 29.3 Å². The maximum Gasteiger partial charge on any atom is 0.329 e. The Labute approximate surface area is 128 Å². The molecule has 0 atom stereocenters. The van der Waals surface area contributed by atoms with Gasteiger partial charge in [0.2, 0.25) is 0 Å². The molecule has 1 aromatic carbocycles. The van der Waals surface area contributed by atoms with Crippen molar-refractivity contribution in [3.63, 3.8) is 0 Å². The monoisotopic (exact) mass is 308 g/mol. The molecular weight excluding hydrogens is 292 g/mol. The molecule has 0 saturated carbocycles. The van der Waals surface area contributed by atoms with Gasteiger partial charge < -0.3 is 10.2 Å². The first kappa shape index (κ1) is 15.5. The molecule has 7 heteroatoms. The van der Waals surface area contributed by atoms with Crippen LogP contribution in [-0.4, -0.2) is 42.6 Å². The van der Waals surface area contributed by atoms with Gasteiger partial charge in [-0.2, -0.15) is 5.10 Å². The van der Waals surface area contributed by atoms with Crippen molar-refractivity contribution in [3.8, 4) is 0 Å². The standard InChI is InChI=1S/C14H17ClN4O2/c1-19-8-6-10(7-9-19)17-18-14(21)13(20)16-12-5-3-2-4-11(12)15/h2-5H,6-9H2,1H3,(H,16,20)(H,18,21). The third kappa shape index (κ3) is 4.54. The van der Waals surface area contributed by atoms with Crippen molar-refractivity contribution < 1.29 is 9.59 Å². The van der Waals surface area contributed by atoms with Crippen LogP contribution >= 0.6 is 11.6 Å². The summed E-state index contributed by atoms with van der Waals surface area (Å²) in [7, 11) is 2.03. The van der Waals surface area contributed by atoms with Gasteiger partial charge in [-0.1, -0.05) is 23.7 Å². The van der Waals surface area contributed by atoms with Gasteiger partial charge in [-0.15, -0.1) is 0 Å². The van der Waals surface area contributed by atoms with E-state index in [1.165, 1.54) is 0 Å². The Balaban J connectivity index is 1.87. The molecule has 1 aromatic rings. The zero-order chi connectivity index (χ0) is 15.2. The van der Waals surface area contributed by atoms with Crippen LogP contribution in [0.4, 0.5) is 5.69 Å². The Bertz CT molecular complexity index is 564. The highest BCUT2D eigenvalue weighted by atomic mass is 35.5. The summed E-state index contributed by atoms with van der Waals surface area (Å²) in [6.07, 6.45) is 1.59. The van der Waals surface area contributed by atoms with Crippen LogP contribution < -0.4 is 10.7 Å². The number of hydrazone groups is 1. The van der Waals surface area contributed by atoms with Crippen LogP contribution in [0.5, 0.6) is 0 Å². The first-order valence-corrected chi connectivity index (χ1v) is 7.04. The van der Waals surface area contributed by atoms with E-state index in [2.05, 4.69) is 20.7 Å². The maximum atomic E-state index is 11.7. The lowest BCUT2D eigenvalue weighted by molar-refractivity contribution is -0.136. The fourth-order valence-electron chi connectivity index (χ4n) is 1.91. The molecule has 112 valence electrons. The second kappa shape index (κ2) is 7.19. The molecule has 0 aromatic heterocycles. The van der Waals surface area contributed by atoms with Crippen molar-refractivity contribution in [2.75, 3.05) is 25.5 Å². The number of carbonyl (C=O) groups excluding carboxylic acids is 2. The highest BCUT2D eigenvalue weighted by Gasteiger charge is 2.16. The van der Waals surface area contributed by atoms with Crippen LogP contribution in [0, 0.1) is 0 Å². The zero-order valence-electron chi connectivity index (χ0n) is 11.7. The Morgan fingerprint density at radius 2 is 1.86 bits per heavy atom. The number of nitrogens with zero attached hydrogens (tertiary/aromatic N) is 2. The number of anilines is 1. The Morgan fingerprint density at radius 1 is 1.19 bits per heavy atom. The average Bonchev–Trinajstić information content (AvgIpc) is 2.48. The van der Waals surface area contributed by atoms with Gasteiger partial charge in [0.15, 0.2) is 0 Å². The minimum Gasteiger partial charge on any atom is -0.316 e. The summed E-state index contributed by atoms with van der Waals surface area (Å²) < 4.78 is 0. The minimum atomic E-state index is -0.804. The molecule has 2 N–H and O–H groups in total. The fraction of sp³-hybridized carbons (Fsp3) is 0.357. The smallest absolute Gasteiger partial charge is 0.316 e. The van der Waals surface area contributed by atoms with Crippen molar-refractivity contribution >= 4 is 34.8 Å². The second-order valence-electron chi connectivity index (χ2n) is 4.86. The number of nitrogens with one attached hydrogen (secondary N) is 2. The molecule has 6 nitrogen and oxygen atoms in total. The van der Waals surface area contributed by atoms with Crippen molar-refractivity contribution in [1.82, 2.24) is 10.3 Å². The number of amides is 2. The first-order chi connectivity index (χ1) is 10.1. The van der Waals surface area contributed by atoms with Crippen LogP contribution in [0.2, 0.25) is 5.02 Å². The molecule has 0 bridgehead atoms. The molecule has 2 rings (SSSR count). The molecule has 0 spiro atoms. The Hall–Kier alpha value is -1.92. The Morgan fingerprint density at radius 3 is 2.52 bits per heavy atom. The molecule has 0 radical (unpaired) electrons. The number of halogens is 1. The lowest BCUT2D eigenvalue weighted by Gasteiger charge is -2.22. The maximum absolute atomic E-state index is 11.7. The lowest BCUT2D eigenvalue weighted by atomic mass is 10.1. The molecule has 1 aliphatic heterocycles. The highest BCUT2D eigenvalue weighted by Crippen LogP contribution is 2.20. The predicted octanol–water partition coefficient (Wildman–Crippen LogP) is 1.48. The van der Waals surface area contributed by atoms with Gasteiger partial charge in [0.1, 0.15) is 0 Å². The fourth-order valence-corrected chi connectivity index (χ4v) is 2.09. The summed E-state index contributed by atoms with van der Waals surface area (Å²) >= 11 is 5.91. The molecule has 2 amide bonds. The summed E-state index contributed by atoms with van der Waals surface area (Å²) in [6.45, 7) is 1.81.